The maximum atomic E-state index is 12.1. The second kappa shape index (κ2) is 5.55. The normalized spacial score (nSPS) is 11.2. The molecule has 20 heavy (non-hydrogen) atoms. The van der Waals surface area contributed by atoms with E-state index in [9.17, 15) is 13.2 Å². The van der Waals surface area contributed by atoms with Gasteiger partial charge in [-0.3, -0.25) is 0 Å². The summed E-state index contributed by atoms with van der Waals surface area (Å²) < 4.78 is 32.5. The molecule has 0 saturated carbocycles. The van der Waals surface area contributed by atoms with E-state index in [2.05, 4.69) is 9.36 Å². The number of carboxylic acid groups (broad SMARTS) is 1. The van der Waals surface area contributed by atoms with Gasteiger partial charge in [-0.1, -0.05) is 12.1 Å². The second-order valence-corrected chi connectivity index (χ2v) is 6.73. The van der Waals surface area contributed by atoms with Crippen molar-refractivity contribution in [2.45, 2.75) is 10.1 Å². The fourth-order valence-corrected chi connectivity index (χ4v) is 3.57. The van der Waals surface area contributed by atoms with E-state index in [0.29, 0.717) is 5.56 Å². The molecule has 0 unspecified atom stereocenters. The molecule has 0 bridgehead atoms. The topological polar surface area (TPSA) is 106 Å². The van der Waals surface area contributed by atoms with Crippen molar-refractivity contribution in [2.24, 2.45) is 0 Å². The summed E-state index contributed by atoms with van der Waals surface area (Å²) in [6, 6.07) is 5.75. The Labute approximate surface area is 118 Å². The number of hydrogen-bond acceptors (Lipinski definition) is 7. The van der Waals surface area contributed by atoms with Gasteiger partial charge in [0.1, 0.15) is 0 Å². The monoisotopic (exact) mass is 314 g/mol. The molecule has 0 amide bonds. The molecule has 1 N–H and O–H groups in total. The van der Waals surface area contributed by atoms with E-state index in [-0.39, 0.29) is 21.7 Å². The van der Waals surface area contributed by atoms with Crippen molar-refractivity contribution in [1.29, 1.82) is 0 Å². The molecule has 7 nitrogen and oxygen atoms in total. The average molecular weight is 314 g/mol. The summed E-state index contributed by atoms with van der Waals surface area (Å²) in [5.41, 5.74) is 0.409. The Morgan fingerprint density at radius 1 is 1.45 bits per heavy atom. The number of aromatic carboxylic acids is 1. The van der Waals surface area contributed by atoms with Gasteiger partial charge in [0.25, 0.3) is 0 Å². The first-order valence-electron chi connectivity index (χ1n) is 5.35. The third kappa shape index (κ3) is 3.11. The van der Waals surface area contributed by atoms with Gasteiger partial charge < -0.3 is 9.84 Å². The van der Waals surface area contributed by atoms with Gasteiger partial charge in [-0.25, -0.2) is 13.2 Å². The molecule has 0 aliphatic rings. The van der Waals surface area contributed by atoms with E-state index in [4.69, 9.17) is 9.84 Å². The van der Waals surface area contributed by atoms with Crippen molar-refractivity contribution < 1.29 is 23.1 Å². The fourth-order valence-electron chi connectivity index (χ4n) is 1.48. The molecule has 0 radical (unpaired) electrons. The van der Waals surface area contributed by atoms with E-state index >= 15 is 0 Å². The van der Waals surface area contributed by atoms with Crippen LogP contribution in [-0.4, -0.2) is 36.0 Å². The molecule has 0 saturated heterocycles. The number of rotatable bonds is 5. The summed E-state index contributed by atoms with van der Waals surface area (Å²) in [6.07, 6.45) is 0. The standard InChI is InChI=1S/C11H10N2O5S2/c1-18-10-12-11(19-13-10)20(16,17)6-7-3-2-4-8(5-7)9(14)15/h2-5H,6H2,1H3,(H,14,15). The van der Waals surface area contributed by atoms with Gasteiger partial charge in [-0.15, -0.1) is 4.37 Å². The lowest BCUT2D eigenvalue weighted by molar-refractivity contribution is 0.0696. The molecule has 0 spiro atoms. The number of benzene rings is 1. The van der Waals surface area contributed by atoms with Crippen LogP contribution in [0.25, 0.3) is 0 Å². The Morgan fingerprint density at radius 2 is 2.20 bits per heavy atom. The molecule has 1 heterocycles. The number of aromatic nitrogens is 2. The summed E-state index contributed by atoms with van der Waals surface area (Å²) >= 11 is 0.720. The second-order valence-electron chi connectivity index (χ2n) is 3.81. The van der Waals surface area contributed by atoms with E-state index < -0.39 is 15.8 Å². The van der Waals surface area contributed by atoms with Crippen LogP contribution >= 0.6 is 11.5 Å². The zero-order chi connectivity index (χ0) is 14.8. The van der Waals surface area contributed by atoms with E-state index in [0.717, 1.165) is 11.5 Å². The van der Waals surface area contributed by atoms with Crippen LogP contribution in [0.4, 0.5) is 0 Å². The molecular formula is C11H10N2O5S2. The molecule has 106 valence electrons. The highest BCUT2D eigenvalue weighted by molar-refractivity contribution is 7.92. The average Bonchev–Trinajstić information content (AvgIpc) is 2.88. The number of nitrogens with zero attached hydrogens (tertiary/aromatic N) is 2. The van der Waals surface area contributed by atoms with Gasteiger partial charge >= 0.3 is 12.0 Å². The predicted octanol–water partition coefficient (Wildman–Crippen LogP) is 1.22. The number of hydrogen-bond donors (Lipinski definition) is 1. The van der Waals surface area contributed by atoms with Crippen LogP contribution in [0, 0.1) is 0 Å². The minimum Gasteiger partial charge on any atom is -0.478 e. The molecule has 0 aliphatic carbocycles. The number of methoxy groups -OCH3 is 1. The molecule has 0 aliphatic heterocycles. The Morgan fingerprint density at radius 3 is 2.80 bits per heavy atom. The summed E-state index contributed by atoms with van der Waals surface area (Å²) in [6.45, 7) is 0. The zero-order valence-electron chi connectivity index (χ0n) is 10.3. The van der Waals surface area contributed by atoms with Crippen LogP contribution in [-0.2, 0) is 15.6 Å². The molecule has 2 aromatic rings. The van der Waals surface area contributed by atoms with E-state index in [1.807, 2.05) is 0 Å². The van der Waals surface area contributed by atoms with E-state index in [1.54, 1.807) is 6.07 Å². The first-order chi connectivity index (χ1) is 9.42. The van der Waals surface area contributed by atoms with E-state index in [1.165, 1.54) is 25.3 Å². The van der Waals surface area contributed by atoms with Crippen LogP contribution in [0.1, 0.15) is 15.9 Å². The number of sulfone groups is 1. The highest BCUT2D eigenvalue weighted by Crippen LogP contribution is 2.21. The third-order valence-electron chi connectivity index (χ3n) is 2.37. The summed E-state index contributed by atoms with van der Waals surface area (Å²) in [4.78, 5) is 14.6. The van der Waals surface area contributed by atoms with Crippen LogP contribution in [0.5, 0.6) is 6.01 Å². The largest absolute Gasteiger partial charge is 0.478 e. The molecule has 9 heteroatoms. The van der Waals surface area contributed by atoms with Crippen LogP contribution in [0.2, 0.25) is 0 Å². The lowest BCUT2D eigenvalue weighted by atomic mass is 10.1. The van der Waals surface area contributed by atoms with Gasteiger partial charge in [0.05, 0.1) is 18.4 Å². The molecule has 0 fully saturated rings. The maximum absolute atomic E-state index is 12.1. The van der Waals surface area contributed by atoms with Crippen molar-refractivity contribution in [1.82, 2.24) is 9.36 Å². The van der Waals surface area contributed by atoms with Crippen LogP contribution in [0.3, 0.4) is 0 Å². The minimum atomic E-state index is -3.67. The van der Waals surface area contributed by atoms with Crippen molar-refractivity contribution in [3.63, 3.8) is 0 Å². The summed E-state index contributed by atoms with van der Waals surface area (Å²) in [5, 5.41) is 8.87. The number of carboxylic acids is 1. The first-order valence-corrected chi connectivity index (χ1v) is 7.77. The lowest BCUT2D eigenvalue weighted by Gasteiger charge is -2.02. The Balaban J connectivity index is 2.28. The molecular weight excluding hydrogens is 304 g/mol. The molecule has 0 atom stereocenters. The lowest BCUT2D eigenvalue weighted by Crippen LogP contribution is -2.06. The Kier molecular flexibility index (Phi) is 4.00. The Bertz CT molecular complexity index is 739. The quantitative estimate of drug-likeness (QED) is 0.884. The van der Waals surface area contributed by atoms with Gasteiger partial charge in [0.2, 0.25) is 14.2 Å². The van der Waals surface area contributed by atoms with Gasteiger partial charge in [0.15, 0.2) is 0 Å². The number of ether oxygens (including phenoxy) is 1. The fraction of sp³-hybridized carbons (Fsp3) is 0.182. The molecule has 1 aromatic heterocycles. The molecule has 2 rings (SSSR count). The molecule has 1 aromatic carbocycles. The predicted molar refractivity (Wildman–Crippen MR) is 70.8 cm³/mol. The number of carbonyl (C=O) groups is 1. The van der Waals surface area contributed by atoms with Crippen molar-refractivity contribution in [3.8, 4) is 6.01 Å². The SMILES string of the molecule is COc1nsc(S(=O)(=O)Cc2cccc(C(=O)O)c2)n1. The summed E-state index contributed by atoms with van der Waals surface area (Å²) in [7, 11) is -2.33. The van der Waals surface area contributed by atoms with Crippen molar-refractivity contribution >= 4 is 27.3 Å². The van der Waals surface area contributed by atoms with Crippen molar-refractivity contribution in [3.05, 3.63) is 35.4 Å². The van der Waals surface area contributed by atoms with Gasteiger partial charge in [0, 0.05) is 11.5 Å². The van der Waals surface area contributed by atoms with Crippen LogP contribution < -0.4 is 4.74 Å². The first kappa shape index (κ1) is 14.4. The minimum absolute atomic E-state index is 0.00661. The maximum Gasteiger partial charge on any atom is 0.335 e. The van der Waals surface area contributed by atoms with Gasteiger partial charge in [-0.05, 0) is 17.7 Å². The van der Waals surface area contributed by atoms with Gasteiger partial charge in [-0.2, -0.15) is 4.98 Å². The smallest absolute Gasteiger partial charge is 0.335 e. The zero-order valence-corrected chi connectivity index (χ0v) is 11.9. The Hall–Kier alpha value is -2.00. The third-order valence-corrected chi connectivity index (χ3v) is 5.19. The highest BCUT2D eigenvalue weighted by atomic mass is 32.2. The summed E-state index contributed by atoms with van der Waals surface area (Å²) in [5.74, 6) is -1.45. The van der Waals surface area contributed by atoms with Crippen molar-refractivity contribution in [2.75, 3.05) is 7.11 Å². The highest BCUT2D eigenvalue weighted by Gasteiger charge is 2.21. The van der Waals surface area contributed by atoms with Crippen LogP contribution in [0.15, 0.2) is 28.6 Å².